The Hall–Kier alpha value is -1.98. The zero-order chi connectivity index (χ0) is 16.2. The fourth-order valence-electron chi connectivity index (χ4n) is 3.58. The van der Waals surface area contributed by atoms with Crippen molar-refractivity contribution in [2.75, 3.05) is 0 Å². The summed E-state index contributed by atoms with van der Waals surface area (Å²) in [6, 6.07) is 0.217. The van der Waals surface area contributed by atoms with Crippen LogP contribution in [-0.2, 0) is 4.79 Å². The lowest BCUT2D eigenvalue weighted by Gasteiger charge is -2.22. The van der Waals surface area contributed by atoms with Gasteiger partial charge in [0.15, 0.2) is 0 Å². The summed E-state index contributed by atoms with van der Waals surface area (Å²) in [5, 5.41) is 6.12. The van der Waals surface area contributed by atoms with E-state index in [4.69, 9.17) is 0 Å². The molecular formula is C17H24N4O2. The van der Waals surface area contributed by atoms with Crippen LogP contribution in [0.3, 0.4) is 0 Å². The third-order valence-electron chi connectivity index (χ3n) is 4.88. The Bertz CT molecular complexity index is 566. The Kier molecular flexibility index (Phi) is 4.88. The molecule has 2 aliphatic carbocycles. The highest BCUT2D eigenvalue weighted by Crippen LogP contribution is 2.27. The van der Waals surface area contributed by atoms with Crippen molar-refractivity contribution >= 4 is 11.8 Å². The minimum atomic E-state index is -0.247. The van der Waals surface area contributed by atoms with Gasteiger partial charge < -0.3 is 10.6 Å². The lowest BCUT2D eigenvalue weighted by molar-refractivity contribution is -0.126. The molecule has 23 heavy (non-hydrogen) atoms. The highest BCUT2D eigenvalue weighted by molar-refractivity contribution is 5.92. The van der Waals surface area contributed by atoms with Crippen LogP contribution in [0, 0.1) is 12.8 Å². The molecule has 2 aliphatic rings. The van der Waals surface area contributed by atoms with E-state index in [9.17, 15) is 9.59 Å². The SMILES string of the molecule is Cc1cnc(C(=O)N[C@@H]2CCC[C@@H]2C(=O)NC2CCCC2)cn1. The Balaban J connectivity index is 1.58. The third kappa shape index (κ3) is 3.86. The van der Waals surface area contributed by atoms with Crippen LogP contribution >= 0.6 is 0 Å². The van der Waals surface area contributed by atoms with Gasteiger partial charge in [-0.3, -0.25) is 14.6 Å². The van der Waals surface area contributed by atoms with Gasteiger partial charge in [0.1, 0.15) is 5.69 Å². The lowest BCUT2D eigenvalue weighted by atomic mass is 10.0. The number of hydrogen-bond acceptors (Lipinski definition) is 4. The Morgan fingerprint density at radius 1 is 1.00 bits per heavy atom. The molecule has 1 heterocycles. The number of nitrogens with one attached hydrogen (secondary N) is 2. The minimum absolute atomic E-state index is 0.0923. The highest BCUT2D eigenvalue weighted by atomic mass is 16.2. The molecule has 6 nitrogen and oxygen atoms in total. The maximum absolute atomic E-state index is 12.5. The summed E-state index contributed by atoms with van der Waals surface area (Å²) in [4.78, 5) is 33.0. The summed E-state index contributed by atoms with van der Waals surface area (Å²) >= 11 is 0. The molecule has 3 rings (SSSR count). The topological polar surface area (TPSA) is 84.0 Å². The molecule has 1 aromatic heterocycles. The number of hydrogen-bond donors (Lipinski definition) is 2. The van der Waals surface area contributed by atoms with Crippen LogP contribution in [0.1, 0.15) is 61.1 Å². The molecule has 124 valence electrons. The van der Waals surface area contributed by atoms with E-state index in [-0.39, 0.29) is 23.8 Å². The van der Waals surface area contributed by atoms with Gasteiger partial charge in [-0.15, -0.1) is 0 Å². The quantitative estimate of drug-likeness (QED) is 0.886. The molecule has 2 fully saturated rings. The van der Waals surface area contributed by atoms with Crippen molar-refractivity contribution < 1.29 is 9.59 Å². The van der Waals surface area contributed by atoms with Crippen molar-refractivity contribution in [2.24, 2.45) is 5.92 Å². The summed E-state index contributed by atoms with van der Waals surface area (Å²) in [7, 11) is 0. The predicted molar refractivity (Wildman–Crippen MR) is 85.8 cm³/mol. The van der Waals surface area contributed by atoms with E-state index < -0.39 is 0 Å². The molecular weight excluding hydrogens is 292 g/mol. The average Bonchev–Trinajstić information content (AvgIpc) is 3.19. The first-order valence-corrected chi connectivity index (χ1v) is 8.53. The van der Waals surface area contributed by atoms with Gasteiger partial charge in [0.25, 0.3) is 5.91 Å². The van der Waals surface area contributed by atoms with E-state index in [1.54, 1.807) is 6.20 Å². The lowest BCUT2D eigenvalue weighted by Crippen LogP contribution is -2.46. The average molecular weight is 316 g/mol. The van der Waals surface area contributed by atoms with Crippen LogP contribution in [0.15, 0.2) is 12.4 Å². The van der Waals surface area contributed by atoms with E-state index in [2.05, 4.69) is 20.6 Å². The van der Waals surface area contributed by atoms with Crippen molar-refractivity contribution in [3.8, 4) is 0 Å². The molecule has 0 unspecified atom stereocenters. The van der Waals surface area contributed by atoms with E-state index in [1.807, 2.05) is 6.92 Å². The van der Waals surface area contributed by atoms with Crippen molar-refractivity contribution in [3.63, 3.8) is 0 Å². The summed E-state index contributed by atoms with van der Waals surface area (Å²) < 4.78 is 0. The maximum atomic E-state index is 12.5. The Morgan fingerprint density at radius 3 is 2.48 bits per heavy atom. The van der Waals surface area contributed by atoms with Gasteiger partial charge >= 0.3 is 0 Å². The van der Waals surface area contributed by atoms with Gasteiger partial charge in [0, 0.05) is 18.3 Å². The number of carbonyl (C=O) groups is 2. The van der Waals surface area contributed by atoms with Gasteiger partial charge in [-0.05, 0) is 32.6 Å². The number of aryl methyl sites for hydroxylation is 1. The van der Waals surface area contributed by atoms with Crippen molar-refractivity contribution in [2.45, 2.75) is 64.0 Å². The second-order valence-electron chi connectivity index (χ2n) is 6.65. The fraction of sp³-hybridized carbons (Fsp3) is 0.647. The second kappa shape index (κ2) is 7.06. The van der Waals surface area contributed by atoms with E-state index in [1.165, 1.54) is 19.0 Å². The van der Waals surface area contributed by atoms with Crippen molar-refractivity contribution in [3.05, 3.63) is 23.8 Å². The standard InChI is InChI=1S/C17H24N4O2/c1-11-9-19-15(10-18-11)17(23)21-14-8-4-7-13(14)16(22)20-12-5-2-3-6-12/h9-10,12-14H,2-8H2,1H3,(H,20,22)(H,21,23)/t13-,14+/m0/s1. The van der Waals surface area contributed by atoms with Gasteiger partial charge in [-0.1, -0.05) is 19.3 Å². The largest absolute Gasteiger partial charge is 0.353 e. The second-order valence-corrected chi connectivity index (χ2v) is 6.65. The van der Waals surface area contributed by atoms with Crippen molar-refractivity contribution in [1.82, 2.24) is 20.6 Å². The maximum Gasteiger partial charge on any atom is 0.271 e. The highest BCUT2D eigenvalue weighted by Gasteiger charge is 2.35. The van der Waals surface area contributed by atoms with Crippen LogP contribution in [0.2, 0.25) is 0 Å². The summed E-state index contributed by atoms with van der Waals surface area (Å²) in [5.74, 6) is -0.282. The normalized spacial score (nSPS) is 24.6. The first kappa shape index (κ1) is 15.9. The molecule has 0 aromatic carbocycles. The van der Waals surface area contributed by atoms with Crippen LogP contribution in [0.5, 0.6) is 0 Å². The van der Waals surface area contributed by atoms with E-state index >= 15 is 0 Å². The van der Waals surface area contributed by atoms with Gasteiger partial charge in [-0.25, -0.2) is 4.98 Å². The molecule has 6 heteroatoms. The molecule has 2 saturated carbocycles. The monoisotopic (exact) mass is 316 g/mol. The predicted octanol–water partition coefficient (Wildman–Crippen LogP) is 1.74. The fourth-order valence-corrected chi connectivity index (χ4v) is 3.58. The molecule has 1 aromatic rings. The smallest absolute Gasteiger partial charge is 0.271 e. The van der Waals surface area contributed by atoms with Gasteiger partial charge in [-0.2, -0.15) is 0 Å². The summed E-state index contributed by atoms with van der Waals surface area (Å²) in [5.41, 5.74) is 1.08. The molecule has 0 saturated heterocycles. The number of rotatable bonds is 4. The summed E-state index contributed by atoms with van der Waals surface area (Å²) in [6.45, 7) is 1.83. The zero-order valence-corrected chi connectivity index (χ0v) is 13.5. The van der Waals surface area contributed by atoms with Crippen LogP contribution < -0.4 is 10.6 Å². The number of carbonyl (C=O) groups excluding carboxylic acids is 2. The number of amides is 2. The third-order valence-corrected chi connectivity index (χ3v) is 4.88. The first-order chi connectivity index (χ1) is 11.1. The Morgan fingerprint density at radius 2 is 1.78 bits per heavy atom. The molecule has 0 aliphatic heterocycles. The zero-order valence-electron chi connectivity index (χ0n) is 13.5. The van der Waals surface area contributed by atoms with Crippen molar-refractivity contribution in [1.29, 1.82) is 0 Å². The Labute approximate surface area is 136 Å². The molecule has 0 radical (unpaired) electrons. The number of nitrogens with zero attached hydrogens (tertiary/aromatic N) is 2. The molecule has 2 N–H and O–H groups in total. The van der Waals surface area contributed by atoms with Gasteiger partial charge in [0.05, 0.1) is 17.8 Å². The van der Waals surface area contributed by atoms with E-state index in [0.29, 0.717) is 11.7 Å². The van der Waals surface area contributed by atoms with Crippen LogP contribution in [0.4, 0.5) is 0 Å². The molecule has 2 amide bonds. The molecule has 0 bridgehead atoms. The van der Waals surface area contributed by atoms with Crippen LogP contribution in [0.25, 0.3) is 0 Å². The van der Waals surface area contributed by atoms with Gasteiger partial charge in [0.2, 0.25) is 5.91 Å². The summed E-state index contributed by atoms with van der Waals surface area (Å²) in [6.07, 6.45) is 10.2. The minimum Gasteiger partial charge on any atom is -0.353 e. The van der Waals surface area contributed by atoms with E-state index in [0.717, 1.165) is 37.8 Å². The molecule has 0 spiro atoms. The van der Waals surface area contributed by atoms with Crippen LogP contribution in [-0.4, -0.2) is 33.9 Å². The molecule has 2 atom stereocenters. The first-order valence-electron chi connectivity index (χ1n) is 8.53. The number of aromatic nitrogens is 2.